The molecule has 0 aliphatic carbocycles. The molecule has 0 bridgehead atoms. The number of likely N-dealkylation sites (tertiary alicyclic amines) is 1. The van der Waals surface area contributed by atoms with Gasteiger partial charge in [0.1, 0.15) is 11.5 Å². The lowest BCUT2D eigenvalue weighted by molar-refractivity contribution is -0.119. The van der Waals surface area contributed by atoms with Gasteiger partial charge in [0.05, 0.1) is 0 Å². The van der Waals surface area contributed by atoms with Gasteiger partial charge in [0.15, 0.2) is 0 Å². The predicted molar refractivity (Wildman–Crippen MR) is 97.5 cm³/mol. The van der Waals surface area contributed by atoms with Crippen LogP contribution in [0.25, 0.3) is 0 Å². The van der Waals surface area contributed by atoms with Crippen molar-refractivity contribution >= 4 is 18.2 Å². The molecule has 1 aliphatic heterocycles. The maximum Gasteiger partial charge on any atom is 0.134 e. The lowest BCUT2D eigenvalue weighted by atomic mass is 9.68. The van der Waals surface area contributed by atoms with Crippen LogP contribution in [0.5, 0.6) is 5.75 Å². The van der Waals surface area contributed by atoms with Gasteiger partial charge < -0.3 is 10.0 Å². The second-order valence-corrected chi connectivity index (χ2v) is 6.96. The first kappa shape index (κ1) is 20.0. The van der Waals surface area contributed by atoms with E-state index in [1.54, 1.807) is 6.07 Å². The van der Waals surface area contributed by atoms with Crippen molar-refractivity contribution in [2.45, 2.75) is 51.9 Å². The summed E-state index contributed by atoms with van der Waals surface area (Å²) in [6, 6.07) is 7.68. The van der Waals surface area contributed by atoms with Crippen LogP contribution in [0, 0.1) is 5.92 Å². The number of Topliss-reactive ketones (excluding diaryl/α,β-unsaturated/α-hetero) is 1. The van der Waals surface area contributed by atoms with Crippen molar-refractivity contribution in [1.29, 1.82) is 0 Å². The Morgan fingerprint density at radius 1 is 1.39 bits per heavy atom. The van der Waals surface area contributed by atoms with Crippen LogP contribution in [-0.4, -0.2) is 35.4 Å². The highest BCUT2D eigenvalue weighted by Gasteiger charge is 2.37. The molecule has 0 aromatic heterocycles. The molecule has 1 fully saturated rings. The van der Waals surface area contributed by atoms with E-state index < -0.39 is 0 Å². The van der Waals surface area contributed by atoms with E-state index in [0.717, 1.165) is 32.5 Å². The predicted octanol–water partition coefficient (Wildman–Crippen LogP) is 4.17. The molecule has 130 valence electrons. The van der Waals surface area contributed by atoms with Crippen LogP contribution in [0.1, 0.15) is 52.0 Å². The summed E-state index contributed by atoms with van der Waals surface area (Å²) in [6.45, 7) is 9.57. The fourth-order valence-electron chi connectivity index (χ4n) is 3.50. The van der Waals surface area contributed by atoms with Gasteiger partial charge in [-0.2, -0.15) is 0 Å². The second-order valence-electron chi connectivity index (χ2n) is 6.96. The zero-order valence-electron chi connectivity index (χ0n) is 14.5. The van der Waals surface area contributed by atoms with Crippen molar-refractivity contribution in [2.75, 3.05) is 19.6 Å². The Bertz CT molecular complexity index is 520. The maximum absolute atomic E-state index is 11.7. The number of carbonyl (C=O) groups is 1. The smallest absolute Gasteiger partial charge is 0.134 e. The number of halogens is 1. The Kier molecular flexibility index (Phi) is 7.56. The fraction of sp³-hybridized carbons (Fsp3) is 0.632. The molecule has 1 aromatic rings. The lowest BCUT2D eigenvalue weighted by Gasteiger charge is -2.45. The number of piperidine rings is 1. The van der Waals surface area contributed by atoms with Crippen molar-refractivity contribution in [3.05, 3.63) is 29.8 Å². The summed E-state index contributed by atoms with van der Waals surface area (Å²) in [6.07, 6.45) is 3.41. The molecule has 3 nitrogen and oxygen atoms in total. The van der Waals surface area contributed by atoms with Gasteiger partial charge in [-0.25, -0.2) is 0 Å². The van der Waals surface area contributed by atoms with Gasteiger partial charge >= 0.3 is 0 Å². The van der Waals surface area contributed by atoms with E-state index in [4.69, 9.17) is 0 Å². The number of ketones is 1. The van der Waals surface area contributed by atoms with Crippen LogP contribution in [0.4, 0.5) is 0 Å². The van der Waals surface area contributed by atoms with E-state index >= 15 is 0 Å². The summed E-state index contributed by atoms with van der Waals surface area (Å²) in [7, 11) is 0. The molecular formula is C19H30ClNO2. The van der Waals surface area contributed by atoms with Gasteiger partial charge in [-0.3, -0.25) is 4.79 Å². The van der Waals surface area contributed by atoms with Crippen LogP contribution in [0.3, 0.4) is 0 Å². The number of carbonyl (C=O) groups excluding carboxylic acids is 1. The monoisotopic (exact) mass is 339 g/mol. The van der Waals surface area contributed by atoms with Gasteiger partial charge in [-0.05, 0) is 48.4 Å². The lowest BCUT2D eigenvalue weighted by Crippen LogP contribution is -2.47. The Balaban J connectivity index is 0.00000264. The van der Waals surface area contributed by atoms with E-state index in [1.807, 2.05) is 12.1 Å². The summed E-state index contributed by atoms with van der Waals surface area (Å²) >= 11 is 0. The average Bonchev–Trinajstić information content (AvgIpc) is 2.49. The number of benzene rings is 1. The van der Waals surface area contributed by atoms with Crippen molar-refractivity contribution < 1.29 is 9.90 Å². The van der Waals surface area contributed by atoms with Crippen molar-refractivity contribution in [2.24, 2.45) is 5.92 Å². The molecule has 1 aliphatic rings. The first-order valence-electron chi connectivity index (χ1n) is 8.49. The zero-order valence-corrected chi connectivity index (χ0v) is 15.4. The number of phenolic OH excluding ortho intramolecular Hbond substituents is 1. The van der Waals surface area contributed by atoms with Crippen molar-refractivity contribution in [1.82, 2.24) is 4.90 Å². The molecule has 1 heterocycles. The van der Waals surface area contributed by atoms with Gasteiger partial charge in [0.25, 0.3) is 0 Å². The maximum atomic E-state index is 11.7. The first-order valence-corrected chi connectivity index (χ1v) is 8.49. The highest BCUT2D eigenvalue weighted by molar-refractivity contribution is 5.85. The summed E-state index contributed by atoms with van der Waals surface area (Å²) in [5, 5.41) is 9.74. The van der Waals surface area contributed by atoms with Gasteiger partial charge in [0, 0.05) is 25.9 Å². The van der Waals surface area contributed by atoms with E-state index in [1.165, 1.54) is 5.56 Å². The average molecular weight is 340 g/mol. The van der Waals surface area contributed by atoms with Crippen molar-refractivity contribution in [3.63, 3.8) is 0 Å². The highest BCUT2D eigenvalue weighted by Crippen LogP contribution is 2.40. The minimum Gasteiger partial charge on any atom is -0.508 e. The van der Waals surface area contributed by atoms with E-state index in [-0.39, 0.29) is 17.8 Å². The quantitative estimate of drug-likeness (QED) is 0.845. The van der Waals surface area contributed by atoms with Gasteiger partial charge in [-0.15, -0.1) is 12.4 Å². The Hall–Kier alpha value is -1.06. The number of aromatic hydroxyl groups is 1. The molecule has 0 spiro atoms. The SMILES string of the molecule is CCCC(=O)CCN1CCC(C)(c2cccc(O)c2)C(C)C1.Cl. The van der Waals surface area contributed by atoms with Crippen molar-refractivity contribution in [3.8, 4) is 5.75 Å². The summed E-state index contributed by atoms with van der Waals surface area (Å²) in [5.41, 5.74) is 1.32. The highest BCUT2D eigenvalue weighted by atomic mass is 35.5. The number of hydrogen-bond donors (Lipinski definition) is 1. The van der Waals surface area contributed by atoms with E-state index in [2.05, 4.69) is 31.7 Å². The summed E-state index contributed by atoms with van der Waals surface area (Å²) in [4.78, 5) is 14.1. The topological polar surface area (TPSA) is 40.5 Å². The molecule has 2 unspecified atom stereocenters. The van der Waals surface area contributed by atoms with Crippen LogP contribution in [0.15, 0.2) is 24.3 Å². The Labute approximate surface area is 146 Å². The molecule has 2 atom stereocenters. The van der Waals surface area contributed by atoms with E-state index in [9.17, 15) is 9.90 Å². The molecule has 0 amide bonds. The van der Waals surface area contributed by atoms with Crippen LogP contribution < -0.4 is 0 Å². The molecular weight excluding hydrogens is 310 g/mol. The zero-order chi connectivity index (χ0) is 16.2. The number of phenols is 1. The van der Waals surface area contributed by atoms with Gasteiger partial charge in [0.2, 0.25) is 0 Å². The molecule has 1 N–H and O–H groups in total. The molecule has 0 radical (unpaired) electrons. The largest absolute Gasteiger partial charge is 0.508 e. The number of nitrogens with zero attached hydrogens (tertiary/aromatic N) is 1. The van der Waals surface area contributed by atoms with Crippen LogP contribution in [0.2, 0.25) is 0 Å². The molecule has 23 heavy (non-hydrogen) atoms. The summed E-state index contributed by atoms with van der Waals surface area (Å²) in [5.74, 6) is 1.24. The second kappa shape index (κ2) is 8.70. The Morgan fingerprint density at radius 2 is 2.13 bits per heavy atom. The molecule has 1 saturated heterocycles. The molecule has 1 aromatic carbocycles. The fourth-order valence-corrected chi connectivity index (χ4v) is 3.50. The third kappa shape index (κ3) is 4.95. The number of rotatable bonds is 6. The number of hydrogen-bond acceptors (Lipinski definition) is 3. The molecule has 2 rings (SSSR count). The first-order chi connectivity index (χ1) is 10.5. The standard InChI is InChI=1S/C19H29NO2.ClH/c1-4-6-17(21)9-11-20-12-10-19(3,15(2)14-20)16-7-5-8-18(22)13-16;/h5,7-8,13,15,22H,4,6,9-12,14H2,1-3H3;1H. The van der Waals surface area contributed by atoms with Gasteiger partial charge in [-0.1, -0.05) is 32.9 Å². The normalized spacial score (nSPS) is 24.9. The van der Waals surface area contributed by atoms with E-state index in [0.29, 0.717) is 30.3 Å². The molecule has 4 heteroatoms. The molecule has 0 saturated carbocycles. The third-order valence-corrected chi connectivity index (χ3v) is 5.31. The summed E-state index contributed by atoms with van der Waals surface area (Å²) < 4.78 is 0. The van der Waals surface area contributed by atoms with Crippen LogP contribution in [-0.2, 0) is 10.2 Å². The Morgan fingerprint density at radius 3 is 2.74 bits per heavy atom. The third-order valence-electron chi connectivity index (χ3n) is 5.31. The van der Waals surface area contributed by atoms with Crippen LogP contribution >= 0.6 is 12.4 Å². The minimum absolute atomic E-state index is 0. The minimum atomic E-state index is 0.